The van der Waals surface area contributed by atoms with E-state index in [2.05, 4.69) is 15.6 Å². The number of aromatic amines is 1. The average molecular weight is 463 g/mol. The second-order valence-electron chi connectivity index (χ2n) is 8.15. The zero-order valence-corrected chi connectivity index (χ0v) is 18.5. The first kappa shape index (κ1) is 21.6. The van der Waals surface area contributed by atoms with Gasteiger partial charge in [-0.15, -0.1) is 0 Å². The monoisotopic (exact) mass is 463 g/mol. The Morgan fingerprint density at radius 1 is 0.912 bits per heavy atom. The molecule has 2 aromatic carbocycles. The standard InChI is InChI=1S/C24H25N5O5/c30-22(26-17-5-6-20-21(14-17)34-15-33-20)7-8-25-24(32)29-11-9-28(10-12-29)23(31)19-13-16-3-1-2-4-18(16)27-19/h1-6,13-14,27H,7-12,15H2,(H,25,32)(H,26,30). The van der Waals surface area contributed by atoms with Crippen LogP contribution >= 0.6 is 0 Å². The molecule has 1 aromatic heterocycles. The lowest BCUT2D eigenvalue weighted by Gasteiger charge is -2.34. The van der Waals surface area contributed by atoms with E-state index in [1.54, 1.807) is 28.0 Å². The number of rotatable bonds is 5. The number of ether oxygens (including phenoxy) is 2. The third-order valence-corrected chi connectivity index (χ3v) is 5.90. The molecule has 0 saturated carbocycles. The molecule has 176 valence electrons. The Morgan fingerprint density at radius 3 is 2.50 bits per heavy atom. The van der Waals surface area contributed by atoms with Crippen LogP contribution < -0.4 is 20.1 Å². The number of nitrogens with zero attached hydrogens (tertiary/aromatic N) is 2. The lowest BCUT2D eigenvalue weighted by molar-refractivity contribution is -0.116. The Hall–Kier alpha value is -4.21. The maximum Gasteiger partial charge on any atom is 0.317 e. The number of nitrogens with one attached hydrogen (secondary N) is 3. The minimum absolute atomic E-state index is 0.0727. The Kier molecular flexibility index (Phi) is 5.94. The number of hydrogen-bond acceptors (Lipinski definition) is 5. The molecular formula is C24H25N5O5. The van der Waals surface area contributed by atoms with Gasteiger partial charge in [-0.1, -0.05) is 18.2 Å². The van der Waals surface area contributed by atoms with Crippen molar-refractivity contribution in [1.82, 2.24) is 20.1 Å². The first-order chi connectivity index (χ1) is 16.6. The van der Waals surface area contributed by atoms with Gasteiger partial charge in [0.1, 0.15) is 5.69 Å². The minimum atomic E-state index is -0.242. The summed E-state index contributed by atoms with van der Waals surface area (Å²) in [6.45, 7) is 2.15. The van der Waals surface area contributed by atoms with E-state index < -0.39 is 0 Å². The first-order valence-corrected chi connectivity index (χ1v) is 11.2. The maximum atomic E-state index is 12.8. The largest absolute Gasteiger partial charge is 0.454 e. The number of hydrogen-bond donors (Lipinski definition) is 3. The number of carbonyl (C=O) groups is 3. The van der Waals surface area contributed by atoms with Gasteiger partial charge in [0.15, 0.2) is 11.5 Å². The smallest absolute Gasteiger partial charge is 0.317 e. The summed E-state index contributed by atoms with van der Waals surface area (Å²) in [5.41, 5.74) is 2.08. The molecule has 0 radical (unpaired) electrons. The highest BCUT2D eigenvalue weighted by molar-refractivity contribution is 5.98. The molecule has 0 atom stereocenters. The third kappa shape index (κ3) is 4.61. The van der Waals surface area contributed by atoms with Gasteiger partial charge in [0.05, 0.1) is 0 Å². The van der Waals surface area contributed by atoms with Crippen LogP contribution in [0.5, 0.6) is 11.5 Å². The molecule has 0 unspecified atom stereocenters. The van der Waals surface area contributed by atoms with Gasteiger partial charge in [-0.25, -0.2) is 4.79 Å². The van der Waals surface area contributed by atoms with E-state index in [0.29, 0.717) is 49.1 Å². The number of fused-ring (bicyclic) bond motifs is 2. The van der Waals surface area contributed by atoms with Gasteiger partial charge in [0.2, 0.25) is 12.7 Å². The molecule has 2 aliphatic rings. The molecular weight excluding hydrogens is 438 g/mol. The van der Waals surface area contributed by atoms with Crippen molar-refractivity contribution in [2.45, 2.75) is 6.42 Å². The number of piperazine rings is 1. The molecule has 10 heteroatoms. The second kappa shape index (κ2) is 9.34. The Morgan fingerprint density at radius 2 is 1.68 bits per heavy atom. The second-order valence-corrected chi connectivity index (χ2v) is 8.15. The summed E-state index contributed by atoms with van der Waals surface area (Å²) in [7, 11) is 0. The van der Waals surface area contributed by atoms with Crippen molar-refractivity contribution in [3.05, 3.63) is 54.2 Å². The fourth-order valence-electron chi connectivity index (χ4n) is 4.06. The molecule has 34 heavy (non-hydrogen) atoms. The van der Waals surface area contributed by atoms with Crippen LogP contribution in [0.2, 0.25) is 0 Å². The van der Waals surface area contributed by atoms with Crippen LogP contribution in [-0.2, 0) is 4.79 Å². The summed E-state index contributed by atoms with van der Waals surface area (Å²) in [6, 6.07) is 14.5. The zero-order valence-electron chi connectivity index (χ0n) is 18.5. The van der Waals surface area contributed by atoms with Gasteiger partial charge in [-0.2, -0.15) is 0 Å². The summed E-state index contributed by atoms with van der Waals surface area (Å²) in [4.78, 5) is 44.0. The van der Waals surface area contributed by atoms with Crippen LogP contribution in [0.3, 0.4) is 0 Å². The summed E-state index contributed by atoms with van der Waals surface area (Å²) in [6.07, 6.45) is 0.138. The first-order valence-electron chi connectivity index (χ1n) is 11.2. The minimum Gasteiger partial charge on any atom is -0.454 e. The Balaban J connectivity index is 1.05. The highest BCUT2D eigenvalue weighted by atomic mass is 16.7. The molecule has 1 fully saturated rings. The van der Waals surface area contributed by atoms with Crippen LogP contribution in [0.15, 0.2) is 48.5 Å². The molecule has 1 saturated heterocycles. The maximum absolute atomic E-state index is 12.8. The fourth-order valence-corrected chi connectivity index (χ4v) is 4.06. The average Bonchev–Trinajstić information content (AvgIpc) is 3.50. The molecule has 3 aromatic rings. The highest BCUT2D eigenvalue weighted by Gasteiger charge is 2.25. The SMILES string of the molecule is O=C(CCNC(=O)N1CCN(C(=O)c2cc3ccccc3[nH]2)CC1)Nc1ccc2c(c1)OCO2. The highest BCUT2D eigenvalue weighted by Crippen LogP contribution is 2.34. The Bertz CT molecular complexity index is 1200. The molecule has 10 nitrogen and oxygen atoms in total. The van der Waals surface area contributed by atoms with Crippen molar-refractivity contribution in [2.75, 3.05) is 44.8 Å². The number of H-pyrrole nitrogens is 1. The molecule has 0 bridgehead atoms. The van der Waals surface area contributed by atoms with Crippen molar-refractivity contribution in [1.29, 1.82) is 0 Å². The zero-order chi connectivity index (χ0) is 23.5. The van der Waals surface area contributed by atoms with Crippen molar-refractivity contribution in [2.24, 2.45) is 0 Å². The lowest BCUT2D eigenvalue weighted by atomic mass is 10.2. The van der Waals surface area contributed by atoms with E-state index >= 15 is 0 Å². The lowest BCUT2D eigenvalue weighted by Crippen LogP contribution is -2.53. The number of amides is 4. The number of urea groups is 1. The molecule has 0 aliphatic carbocycles. The van der Waals surface area contributed by atoms with Gasteiger partial charge in [0, 0.05) is 61.8 Å². The summed E-state index contributed by atoms with van der Waals surface area (Å²) >= 11 is 0. The fraction of sp³-hybridized carbons (Fsp3) is 0.292. The summed E-state index contributed by atoms with van der Waals surface area (Å²) < 4.78 is 10.6. The molecule has 3 N–H and O–H groups in total. The van der Waals surface area contributed by atoms with Crippen LogP contribution in [0.25, 0.3) is 10.9 Å². The summed E-state index contributed by atoms with van der Waals surface area (Å²) in [5.74, 6) is 0.950. The molecule has 5 rings (SSSR count). The van der Waals surface area contributed by atoms with Crippen molar-refractivity contribution in [3.63, 3.8) is 0 Å². The predicted molar refractivity (Wildman–Crippen MR) is 125 cm³/mol. The number of carbonyl (C=O) groups excluding carboxylic acids is 3. The van der Waals surface area contributed by atoms with Crippen LogP contribution in [0.4, 0.5) is 10.5 Å². The van der Waals surface area contributed by atoms with Gasteiger partial charge in [-0.3, -0.25) is 9.59 Å². The quantitative estimate of drug-likeness (QED) is 0.537. The van der Waals surface area contributed by atoms with E-state index in [0.717, 1.165) is 10.9 Å². The van der Waals surface area contributed by atoms with E-state index in [9.17, 15) is 14.4 Å². The van der Waals surface area contributed by atoms with E-state index in [4.69, 9.17) is 9.47 Å². The van der Waals surface area contributed by atoms with Crippen LogP contribution in [0.1, 0.15) is 16.9 Å². The molecule has 2 aliphatic heterocycles. The number of para-hydroxylation sites is 1. The molecule has 3 heterocycles. The van der Waals surface area contributed by atoms with Crippen molar-refractivity contribution in [3.8, 4) is 11.5 Å². The normalized spacial score (nSPS) is 14.8. The van der Waals surface area contributed by atoms with Gasteiger partial charge >= 0.3 is 6.03 Å². The van der Waals surface area contributed by atoms with Crippen LogP contribution in [-0.4, -0.2) is 72.1 Å². The topological polar surface area (TPSA) is 116 Å². The number of anilines is 1. The van der Waals surface area contributed by atoms with Gasteiger partial charge in [-0.05, 0) is 24.3 Å². The van der Waals surface area contributed by atoms with Crippen LogP contribution in [0, 0.1) is 0 Å². The van der Waals surface area contributed by atoms with Crippen molar-refractivity contribution >= 4 is 34.4 Å². The van der Waals surface area contributed by atoms with Crippen molar-refractivity contribution < 1.29 is 23.9 Å². The number of benzene rings is 2. The van der Waals surface area contributed by atoms with E-state index in [1.165, 1.54) is 0 Å². The van der Waals surface area contributed by atoms with Gasteiger partial charge < -0.3 is 34.9 Å². The third-order valence-electron chi connectivity index (χ3n) is 5.90. The Labute approximate surface area is 195 Å². The molecule has 0 spiro atoms. The molecule has 4 amide bonds. The summed E-state index contributed by atoms with van der Waals surface area (Å²) in [5, 5.41) is 6.55. The van der Waals surface area contributed by atoms with E-state index in [1.807, 2.05) is 30.3 Å². The van der Waals surface area contributed by atoms with Gasteiger partial charge in [0.25, 0.3) is 5.91 Å². The van der Waals surface area contributed by atoms with E-state index in [-0.39, 0.29) is 37.6 Å². The number of aromatic nitrogens is 1. The predicted octanol–water partition coefficient (Wildman–Crippen LogP) is 2.39.